The second-order valence-electron chi connectivity index (χ2n) is 6.60. The first-order chi connectivity index (χ1) is 13.8. The summed E-state index contributed by atoms with van der Waals surface area (Å²) in [4.78, 5) is 14.7. The van der Waals surface area contributed by atoms with Crippen LogP contribution in [0.3, 0.4) is 0 Å². The third kappa shape index (κ3) is 3.87. The van der Waals surface area contributed by atoms with Gasteiger partial charge in [0.05, 0.1) is 24.3 Å². The van der Waals surface area contributed by atoms with E-state index in [4.69, 9.17) is 4.42 Å². The largest absolute Gasteiger partial charge is 0.463 e. The predicted octanol–water partition coefficient (Wildman–Crippen LogP) is 5.07. The Morgan fingerprint density at radius 3 is 2.82 bits per heavy atom. The maximum absolute atomic E-state index is 13.0. The molecule has 0 radical (unpaired) electrons. The second-order valence-corrected chi connectivity index (χ2v) is 7.77. The fourth-order valence-corrected chi connectivity index (χ4v) is 4.49. The van der Waals surface area contributed by atoms with Crippen LogP contribution < -0.4 is 0 Å². The highest BCUT2D eigenvalue weighted by Crippen LogP contribution is 2.32. The maximum atomic E-state index is 13.0. The Morgan fingerprint density at radius 2 is 2.00 bits per heavy atom. The molecule has 0 bridgehead atoms. The summed E-state index contributed by atoms with van der Waals surface area (Å²) in [5.74, 6) is 0.733. The summed E-state index contributed by atoms with van der Waals surface area (Å²) in [6, 6.07) is 18.0. The topological polar surface area (TPSA) is 58.2 Å². The molecule has 0 spiro atoms. The number of amides is 1. The van der Waals surface area contributed by atoms with E-state index in [0.29, 0.717) is 17.5 Å². The van der Waals surface area contributed by atoms with Crippen molar-refractivity contribution >= 4 is 39.8 Å². The van der Waals surface area contributed by atoms with Gasteiger partial charge in [0.15, 0.2) is 5.17 Å². The fourth-order valence-electron chi connectivity index (χ4n) is 3.28. The van der Waals surface area contributed by atoms with Gasteiger partial charge in [-0.25, -0.2) is 0 Å². The summed E-state index contributed by atoms with van der Waals surface area (Å²) in [5.41, 5.74) is 1.10. The van der Waals surface area contributed by atoms with E-state index in [2.05, 4.69) is 41.4 Å². The average molecular weight is 391 g/mol. The minimum Gasteiger partial charge on any atom is -0.463 e. The van der Waals surface area contributed by atoms with Crippen molar-refractivity contribution in [3.8, 4) is 0 Å². The normalized spacial score (nSPS) is 18.8. The van der Waals surface area contributed by atoms with E-state index < -0.39 is 0 Å². The van der Waals surface area contributed by atoms with Crippen molar-refractivity contribution < 1.29 is 9.21 Å². The molecule has 1 atom stereocenters. The van der Waals surface area contributed by atoms with E-state index in [-0.39, 0.29) is 11.2 Å². The first-order valence-corrected chi connectivity index (χ1v) is 10.2. The van der Waals surface area contributed by atoms with E-state index in [0.717, 1.165) is 23.8 Å². The van der Waals surface area contributed by atoms with Crippen LogP contribution in [-0.2, 0) is 11.3 Å². The van der Waals surface area contributed by atoms with Crippen molar-refractivity contribution in [3.63, 3.8) is 0 Å². The number of carbonyl (C=O) groups excluding carboxylic acids is 1. The van der Waals surface area contributed by atoms with Gasteiger partial charge < -0.3 is 4.42 Å². The molecule has 0 saturated carbocycles. The standard InChI is InChI=1S/C22H21N3O2S/c1-2-7-20-21(26)25(22(28-20)24-23-14-18-11-6-13-27-18)15-17-10-5-9-16-8-3-4-12-19(16)17/h3-6,8-14,20H,2,7,15H2,1H3/b23-14-,24-22-/t20-/m1/s1. The van der Waals surface area contributed by atoms with Crippen LogP contribution >= 0.6 is 11.8 Å². The Morgan fingerprint density at radius 1 is 1.14 bits per heavy atom. The SMILES string of the molecule is CCC[C@H]1S/C(=N\N=C/c2ccco2)N(Cc2cccc3ccccc23)C1=O. The molecule has 2 aromatic carbocycles. The molecule has 1 aromatic heterocycles. The lowest BCUT2D eigenvalue weighted by Gasteiger charge is -2.17. The Labute approximate surface area is 168 Å². The summed E-state index contributed by atoms with van der Waals surface area (Å²) in [6.45, 7) is 2.58. The Hall–Kier alpha value is -2.86. The summed E-state index contributed by atoms with van der Waals surface area (Å²) in [6.07, 6.45) is 4.93. The second kappa shape index (κ2) is 8.44. The molecule has 1 aliphatic heterocycles. The summed E-state index contributed by atoms with van der Waals surface area (Å²) in [5, 5.41) is 11.3. The smallest absolute Gasteiger partial charge is 0.242 e. The van der Waals surface area contributed by atoms with Gasteiger partial charge in [0.2, 0.25) is 5.91 Å². The molecule has 2 heterocycles. The Balaban J connectivity index is 1.63. The first-order valence-electron chi connectivity index (χ1n) is 9.35. The van der Waals surface area contributed by atoms with Crippen molar-refractivity contribution in [2.24, 2.45) is 10.2 Å². The quantitative estimate of drug-likeness (QED) is 0.435. The van der Waals surface area contributed by atoms with E-state index in [1.54, 1.807) is 23.4 Å². The molecule has 5 nitrogen and oxygen atoms in total. The summed E-state index contributed by atoms with van der Waals surface area (Å²) < 4.78 is 5.24. The van der Waals surface area contributed by atoms with Crippen LogP contribution in [0.4, 0.5) is 0 Å². The van der Waals surface area contributed by atoms with E-state index in [9.17, 15) is 4.79 Å². The van der Waals surface area contributed by atoms with Crippen molar-refractivity contribution in [1.82, 2.24) is 4.90 Å². The molecule has 1 aliphatic rings. The number of rotatable bonds is 6. The molecule has 1 saturated heterocycles. The molecular weight excluding hydrogens is 370 g/mol. The first kappa shape index (κ1) is 18.5. The number of hydrogen-bond acceptors (Lipinski definition) is 5. The van der Waals surface area contributed by atoms with Crippen molar-refractivity contribution in [2.45, 2.75) is 31.6 Å². The molecule has 0 unspecified atom stereocenters. The number of fused-ring (bicyclic) bond motifs is 1. The van der Waals surface area contributed by atoms with Crippen LogP contribution in [0.25, 0.3) is 10.8 Å². The van der Waals surface area contributed by atoms with Gasteiger partial charge in [-0.2, -0.15) is 5.10 Å². The number of carbonyl (C=O) groups is 1. The van der Waals surface area contributed by atoms with E-state index in [1.807, 2.05) is 24.3 Å². The third-order valence-electron chi connectivity index (χ3n) is 4.65. The molecule has 0 aliphatic carbocycles. The lowest BCUT2D eigenvalue weighted by atomic mass is 10.0. The van der Waals surface area contributed by atoms with Gasteiger partial charge >= 0.3 is 0 Å². The molecule has 28 heavy (non-hydrogen) atoms. The molecule has 3 aromatic rings. The fraction of sp³-hybridized carbons (Fsp3) is 0.227. The zero-order valence-corrected chi connectivity index (χ0v) is 16.4. The minimum absolute atomic E-state index is 0.0995. The van der Waals surface area contributed by atoms with Gasteiger partial charge in [0.25, 0.3) is 0 Å². The highest BCUT2D eigenvalue weighted by molar-refractivity contribution is 8.15. The number of nitrogens with zero attached hydrogens (tertiary/aromatic N) is 3. The number of amidine groups is 1. The Bertz CT molecular complexity index is 1020. The number of thioether (sulfide) groups is 1. The molecular formula is C22H21N3O2S. The van der Waals surface area contributed by atoms with Crippen molar-refractivity contribution in [1.29, 1.82) is 0 Å². The molecule has 6 heteroatoms. The monoisotopic (exact) mass is 391 g/mol. The van der Waals surface area contributed by atoms with Crippen LogP contribution in [0, 0.1) is 0 Å². The molecule has 4 rings (SSSR count). The number of hydrogen-bond donors (Lipinski definition) is 0. The maximum Gasteiger partial charge on any atom is 0.242 e. The zero-order valence-electron chi connectivity index (χ0n) is 15.6. The van der Waals surface area contributed by atoms with Gasteiger partial charge in [0.1, 0.15) is 5.76 Å². The third-order valence-corrected chi connectivity index (χ3v) is 5.89. The van der Waals surface area contributed by atoms with Gasteiger partial charge in [-0.3, -0.25) is 9.69 Å². The van der Waals surface area contributed by atoms with Crippen LogP contribution in [0.5, 0.6) is 0 Å². The minimum atomic E-state index is -0.0995. The number of benzene rings is 2. The average Bonchev–Trinajstić information content (AvgIpc) is 3.33. The van der Waals surface area contributed by atoms with Crippen LogP contribution in [-0.4, -0.2) is 27.4 Å². The van der Waals surface area contributed by atoms with Crippen molar-refractivity contribution in [3.05, 3.63) is 72.2 Å². The van der Waals surface area contributed by atoms with Crippen LogP contribution in [0.1, 0.15) is 31.1 Å². The van der Waals surface area contributed by atoms with Gasteiger partial charge in [-0.1, -0.05) is 67.6 Å². The Kier molecular flexibility index (Phi) is 5.58. The summed E-state index contributed by atoms with van der Waals surface area (Å²) >= 11 is 1.50. The lowest BCUT2D eigenvalue weighted by Crippen LogP contribution is -2.31. The summed E-state index contributed by atoms with van der Waals surface area (Å²) in [7, 11) is 0. The highest BCUT2D eigenvalue weighted by atomic mass is 32.2. The molecule has 1 amide bonds. The number of furan rings is 1. The van der Waals surface area contributed by atoms with Crippen molar-refractivity contribution in [2.75, 3.05) is 0 Å². The molecule has 0 N–H and O–H groups in total. The van der Waals surface area contributed by atoms with E-state index >= 15 is 0 Å². The van der Waals surface area contributed by atoms with E-state index in [1.165, 1.54) is 17.1 Å². The van der Waals surface area contributed by atoms with Gasteiger partial charge in [-0.05, 0) is 34.9 Å². The lowest BCUT2D eigenvalue weighted by molar-refractivity contribution is -0.126. The van der Waals surface area contributed by atoms with Crippen LogP contribution in [0.2, 0.25) is 0 Å². The van der Waals surface area contributed by atoms with Crippen LogP contribution in [0.15, 0.2) is 75.5 Å². The predicted molar refractivity (Wildman–Crippen MR) is 115 cm³/mol. The molecule has 142 valence electrons. The van der Waals surface area contributed by atoms with Gasteiger partial charge in [0, 0.05) is 0 Å². The molecule has 1 fully saturated rings. The zero-order chi connectivity index (χ0) is 19.3. The van der Waals surface area contributed by atoms with Gasteiger partial charge in [-0.15, -0.1) is 5.10 Å². The highest BCUT2D eigenvalue weighted by Gasteiger charge is 2.37.